The summed E-state index contributed by atoms with van der Waals surface area (Å²) in [6.07, 6.45) is -7.52. The van der Waals surface area contributed by atoms with Gasteiger partial charge in [-0.3, -0.25) is 0 Å². The molecule has 13 nitrogen and oxygen atoms in total. The molecule has 7 atom stereocenters. The molecule has 0 aliphatic carbocycles. The molecule has 4 aliphatic heterocycles. The highest BCUT2D eigenvalue weighted by atomic mass is 16.7. The number of carboxylic acids is 1. The molecular formula is C32H33NO12. The van der Waals surface area contributed by atoms with Crippen LogP contribution in [0.5, 0.6) is 28.7 Å². The van der Waals surface area contributed by atoms with Crippen LogP contribution < -0.4 is 29.0 Å². The quantitative estimate of drug-likeness (QED) is 0.233. The standard InChI is InChI=1S/C32H33NO12/c1-40-19-10-15(8-9-34)20-17-12-42-27-21(25(17)43-28(20)26(19)41-2)16(14-6-4-3-5-7-14)11-18-22(27)33-13-32(44-18)30(37)24(36)23(35)29(45-32)31(38)39/h3-7,10-11,17,23-25,29-30,33-37H,8-9,12-13H2,1-2H3,(H,38,39)/t17-,23-,24-,25+,29-,30+,32+/m0/s1. The second kappa shape index (κ2) is 11.0. The number of aliphatic carboxylic acids is 1. The van der Waals surface area contributed by atoms with Gasteiger partial charge in [0.15, 0.2) is 29.1 Å². The molecule has 7 rings (SSSR count). The maximum absolute atomic E-state index is 11.9. The topological polar surface area (TPSA) is 186 Å². The second-order valence-corrected chi connectivity index (χ2v) is 11.4. The van der Waals surface area contributed by atoms with E-state index in [0.29, 0.717) is 40.7 Å². The summed E-state index contributed by atoms with van der Waals surface area (Å²) in [6, 6.07) is 13.0. The Hall–Kier alpha value is -4.27. The summed E-state index contributed by atoms with van der Waals surface area (Å²) in [5.41, 5.74) is 4.34. The van der Waals surface area contributed by atoms with E-state index in [1.807, 2.05) is 36.4 Å². The van der Waals surface area contributed by atoms with E-state index < -0.39 is 42.3 Å². The smallest absolute Gasteiger partial charge is 0.335 e. The fourth-order valence-electron chi connectivity index (χ4n) is 6.87. The first kappa shape index (κ1) is 29.4. The van der Waals surface area contributed by atoms with Crippen molar-refractivity contribution in [1.29, 1.82) is 0 Å². The normalized spacial score (nSPS) is 29.1. The van der Waals surface area contributed by atoms with Crippen molar-refractivity contribution in [3.05, 3.63) is 59.2 Å². The van der Waals surface area contributed by atoms with Gasteiger partial charge in [-0.05, 0) is 35.2 Å². The molecule has 0 bridgehead atoms. The molecule has 238 valence electrons. The van der Waals surface area contributed by atoms with Gasteiger partial charge in [0, 0.05) is 17.7 Å². The summed E-state index contributed by atoms with van der Waals surface area (Å²) in [5, 5.41) is 54.5. The Kier molecular flexibility index (Phi) is 7.17. The zero-order valence-corrected chi connectivity index (χ0v) is 24.4. The molecule has 6 N–H and O–H groups in total. The zero-order chi connectivity index (χ0) is 31.6. The van der Waals surface area contributed by atoms with Gasteiger partial charge in [-0.1, -0.05) is 30.3 Å². The van der Waals surface area contributed by atoms with E-state index in [0.717, 1.165) is 22.3 Å². The van der Waals surface area contributed by atoms with E-state index in [9.17, 15) is 30.3 Å². The number of rotatable bonds is 6. The molecule has 0 amide bonds. The van der Waals surface area contributed by atoms with Gasteiger partial charge < -0.3 is 59.3 Å². The predicted octanol–water partition coefficient (Wildman–Crippen LogP) is 1.58. The minimum absolute atomic E-state index is 0.0785. The van der Waals surface area contributed by atoms with Crippen LogP contribution in [0.15, 0.2) is 42.5 Å². The van der Waals surface area contributed by atoms with Crippen LogP contribution in [0.4, 0.5) is 5.69 Å². The number of hydrogen-bond acceptors (Lipinski definition) is 12. The van der Waals surface area contributed by atoms with E-state index >= 15 is 0 Å². The van der Waals surface area contributed by atoms with Crippen molar-refractivity contribution in [2.75, 3.05) is 39.3 Å². The van der Waals surface area contributed by atoms with E-state index in [1.54, 1.807) is 6.07 Å². The zero-order valence-electron chi connectivity index (χ0n) is 24.4. The second-order valence-electron chi connectivity index (χ2n) is 11.4. The first-order valence-electron chi connectivity index (χ1n) is 14.5. The largest absolute Gasteiger partial charge is 0.493 e. The van der Waals surface area contributed by atoms with Crippen LogP contribution in [0.25, 0.3) is 11.1 Å². The molecule has 0 saturated carbocycles. The molecule has 13 heteroatoms. The lowest BCUT2D eigenvalue weighted by Crippen LogP contribution is -2.71. The molecule has 4 heterocycles. The van der Waals surface area contributed by atoms with Gasteiger partial charge in [-0.2, -0.15) is 0 Å². The van der Waals surface area contributed by atoms with Crippen molar-refractivity contribution in [2.45, 2.75) is 48.6 Å². The van der Waals surface area contributed by atoms with Crippen molar-refractivity contribution >= 4 is 11.7 Å². The van der Waals surface area contributed by atoms with Crippen molar-refractivity contribution in [2.24, 2.45) is 0 Å². The number of anilines is 1. The lowest BCUT2D eigenvalue weighted by atomic mass is 9.82. The highest BCUT2D eigenvalue weighted by molar-refractivity contribution is 5.83. The Morgan fingerprint density at radius 2 is 1.82 bits per heavy atom. The molecule has 3 aromatic rings. The Morgan fingerprint density at radius 1 is 1.04 bits per heavy atom. The third-order valence-electron chi connectivity index (χ3n) is 8.97. The lowest BCUT2D eigenvalue weighted by molar-refractivity contribution is -0.325. The van der Waals surface area contributed by atoms with Gasteiger partial charge in [0.25, 0.3) is 5.79 Å². The van der Waals surface area contributed by atoms with Crippen molar-refractivity contribution in [3.8, 4) is 39.9 Å². The van der Waals surface area contributed by atoms with E-state index in [1.165, 1.54) is 14.2 Å². The van der Waals surface area contributed by atoms with E-state index in [2.05, 4.69) is 5.32 Å². The van der Waals surface area contributed by atoms with Crippen LogP contribution in [0, 0.1) is 0 Å². The molecule has 0 unspecified atom stereocenters. The minimum Gasteiger partial charge on any atom is -0.493 e. The fourth-order valence-corrected chi connectivity index (χ4v) is 6.87. The monoisotopic (exact) mass is 623 g/mol. The number of aliphatic hydroxyl groups is 4. The summed E-state index contributed by atoms with van der Waals surface area (Å²) in [4.78, 5) is 11.9. The Labute approximate surface area is 257 Å². The van der Waals surface area contributed by atoms with Gasteiger partial charge in [-0.25, -0.2) is 4.79 Å². The average molecular weight is 624 g/mol. The van der Waals surface area contributed by atoms with Crippen LogP contribution in [-0.2, 0) is 16.0 Å². The van der Waals surface area contributed by atoms with Gasteiger partial charge in [0.05, 0.1) is 33.3 Å². The lowest BCUT2D eigenvalue weighted by Gasteiger charge is -2.49. The van der Waals surface area contributed by atoms with Gasteiger partial charge >= 0.3 is 5.97 Å². The number of carboxylic acid groups (broad SMARTS) is 1. The third-order valence-corrected chi connectivity index (χ3v) is 8.97. The SMILES string of the molecule is COc1cc(CCO)c2c(c1OC)O[C@H]1c3c(-c4ccccc4)cc4c(c3OC[C@@H]21)NC[C@@]1(O4)O[C@H](C(=O)O)[C@@H](O)[C@H](O)[C@H]1O. The highest BCUT2D eigenvalue weighted by Gasteiger charge is 2.59. The van der Waals surface area contributed by atoms with Crippen LogP contribution in [0.3, 0.4) is 0 Å². The number of ether oxygens (including phenoxy) is 6. The van der Waals surface area contributed by atoms with Gasteiger partial charge in [0.1, 0.15) is 30.1 Å². The number of methoxy groups -OCH3 is 2. The average Bonchev–Trinajstić information content (AvgIpc) is 3.45. The van der Waals surface area contributed by atoms with Gasteiger partial charge in [-0.15, -0.1) is 0 Å². The van der Waals surface area contributed by atoms with Crippen molar-refractivity contribution in [1.82, 2.24) is 0 Å². The Morgan fingerprint density at radius 3 is 2.51 bits per heavy atom. The first-order chi connectivity index (χ1) is 21.7. The summed E-state index contributed by atoms with van der Waals surface area (Å²) in [6.45, 7) is -0.137. The maximum Gasteiger partial charge on any atom is 0.335 e. The molecule has 1 spiro atoms. The number of nitrogens with one attached hydrogen (secondary N) is 1. The van der Waals surface area contributed by atoms with E-state index in [-0.39, 0.29) is 31.4 Å². The minimum atomic E-state index is -2.03. The van der Waals surface area contributed by atoms with Crippen LogP contribution in [0.1, 0.15) is 28.7 Å². The molecule has 1 fully saturated rings. The Bertz CT molecular complexity index is 1650. The molecule has 4 aliphatic rings. The number of benzene rings is 3. The summed E-state index contributed by atoms with van der Waals surface area (Å²) >= 11 is 0. The number of fused-ring (bicyclic) bond motifs is 7. The third kappa shape index (κ3) is 4.37. The molecule has 0 aromatic heterocycles. The molecule has 0 radical (unpaired) electrons. The molecule has 1 saturated heterocycles. The van der Waals surface area contributed by atoms with E-state index in [4.69, 9.17) is 28.4 Å². The van der Waals surface area contributed by atoms with Crippen LogP contribution in [0.2, 0.25) is 0 Å². The first-order valence-corrected chi connectivity index (χ1v) is 14.5. The molecular weight excluding hydrogens is 590 g/mol. The van der Waals surface area contributed by atoms with Crippen LogP contribution >= 0.6 is 0 Å². The number of aliphatic hydroxyl groups excluding tert-OH is 4. The summed E-state index contributed by atoms with van der Waals surface area (Å²) in [7, 11) is 3.08. The summed E-state index contributed by atoms with van der Waals surface area (Å²) in [5.74, 6) is -1.77. The van der Waals surface area contributed by atoms with Crippen molar-refractivity contribution in [3.63, 3.8) is 0 Å². The van der Waals surface area contributed by atoms with Crippen molar-refractivity contribution < 1.29 is 58.7 Å². The van der Waals surface area contributed by atoms with Crippen LogP contribution in [-0.4, -0.2) is 95.7 Å². The number of hydrogen-bond donors (Lipinski definition) is 6. The molecule has 45 heavy (non-hydrogen) atoms. The number of carbonyl (C=O) groups is 1. The molecule has 3 aromatic carbocycles. The maximum atomic E-state index is 11.9. The highest BCUT2D eigenvalue weighted by Crippen LogP contribution is 2.61. The predicted molar refractivity (Wildman–Crippen MR) is 156 cm³/mol. The fraction of sp³-hybridized carbons (Fsp3) is 0.406. The van der Waals surface area contributed by atoms with Gasteiger partial charge in [0.2, 0.25) is 5.75 Å². The Balaban J connectivity index is 1.37. The summed E-state index contributed by atoms with van der Waals surface area (Å²) < 4.78 is 36.4.